The van der Waals surface area contributed by atoms with Crippen molar-refractivity contribution >= 4 is 47.0 Å². The molecule has 1 heterocycles. The number of aryl methyl sites for hydroxylation is 1. The van der Waals surface area contributed by atoms with E-state index in [-0.39, 0.29) is 29.7 Å². The zero-order valence-electron chi connectivity index (χ0n) is 14.9. The molecule has 26 heavy (non-hydrogen) atoms. The number of nitro groups is 1. The Labute approximate surface area is 174 Å². The zero-order valence-corrected chi connectivity index (χ0v) is 18.0. The predicted molar refractivity (Wildman–Crippen MR) is 117 cm³/mol. The second-order valence-corrected chi connectivity index (χ2v) is 6.57. The molecule has 0 radical (unpaired) electrons. The molecule has 2 N–H and O–H groups in total. The van der Waals surface area contributed by atoms with Crippen LogP contribution in [-0.2, 0) is 19.4 Å². The van der Waals surface area contributed by atoms with Crippen molar-refractivity contribution in [1.29, 1.82) is 0 Å². The number of aliphatic imine (C=N–C) groups is 1. The maximum absolute atomic E-state index is 10.7. The summed E-state index contributed by atoms with van der Waals surface area (Å²) in [6.45, 7) is 6.12. The fourth-order valence-corrected chi connectivity index (χ4v) is 3.01. The molecule has 2 rings (SSSR count). The molecule has 2 aromatic rings. The SMILES string of the molecule is CCNC(=NCc1ccc([N+](=O)[O-])cc1)NCCc1ncc(CC)s1.I. The number of aromatic nitrogens is 1. The van der Waals surface area contributed by atoms with Crippen LogP contribution in [0.3, 0.4) is 0 Å². The van der Waals surface area contributed by atoms with Crippen molar-refractivity contribution in [2.45, 2.75) is 33.2 Å². The van der Waals surface area contributed by atoms with E-state index in [0.717, 1.165) is 42.5 Å². The predicted octanol–water partition coefficient (Wildman–Crippen LogP) is 3.53. The number of halogens is 1. The van der Waals surface area contributed by atoms with Crippen molar-refractivity contribution in [3.63, 3.8) is 0 Å². The molecule has 142 valence electrons. The first-order chi connectivity index (χ1) is 12.1. The Hall–Kier alpha value is -1.75. The van der Waals surface area contributed by atoms with Gasteiger partial charge in [-0.25, -0.2) is 9.98 Å². The van der Waals surface area contributed by atoms with E-state index in [0.29, 0.717) is 6.54 Å². The maximum atomic E-state index is 10.7. The molecule has 1 aromatic carbocycles. The van der Waals surface area contributed by atoms with E-state index in [9.17, 15) is 10.1 Å². The molecular formula is C17H24IN5O2S. The fraction of sp³-hybridized carbons (Fsp3) is 0.412. The van der Waals surface area contributed by atoms with Crippen LogP contribution in [0.25, 0.3) is 0 Å². The van der Waals surface area contributed by atoms with Crippen LogP contribution < -0.4 is 10.6 Å². The quantitative estimate of drug-likeness (QED) is 0.195. The molecule has 0 spiro atoms. The molecule has 0 atom stereocenters. The Balaban J connectivity index is 0.00000338. The van der Waals surface area contributed by atoms with E-state index in [1.165, 1.54) is 17.0 Å². The molecule has 7 nitrogen and oxygen atoms in total. The first-order valence-electron chi connectivity index (χ1n) is 8.31. The lowest BCUT2D eigenvalue weighted by Crippen LogP contribution is -2.38. The number of nitrogens with one attached hydrogen (secondary N) is 2. The van der Waals surface area contributed by atoms with Gasteiger partial charge in [0.1, 0.15) is 0 Å². The topological polar surface area (TPSA) is 92.5 Å². The van der Waals surface area contributed by atoms with Crippen LogP contribution in [0.15, 0.2) is 35.5 Å². The number of guanidine groups is 1. The number of rotatable bonds is 8. The van der Waals surface area contributed by atoms with Gasteiger partial charge < -0.3 is 10.6 Å². The fourth-order valence-electron chi connectivity index (χ4n) is 2.15. The van der Waals surface area contributed by atoms with E-state index in [1.54, 1.807) is 23.5 Å². The number of nitro benzene ring substituents is 1. The summed E-state index contributed by atoms with van der Waals surface area (Å²) >= 11 is 1.75. The summed E-state index contributed by atoms with van der Waals surface area (Å²) in [5, 5.41) is 18.3. The second kappa shape index (κ2) is 11.8. The summed E-state index contributed by atoms with van der Waals surface area (Å²) in [6, 6.07) is 6.46. The van der Waals surface area contributed by atoms with Crippen LogP contribution in [0.1, 0.15) is 29.3 Å². The highest BCUT2D eigenvalue weighted by atomic mass is 127. The van der Waals surface area contributed by atoms with Crippen molar-refractivity contribution < 1.29 is 4.92 Å². The van der Waals surface area contributed by atoms with Gasteiger partial charge in [-0.3, -0.25) is 10.1 Å². The van der Waals surface area contributed by atoms with Gasteiger partial charge in [-0.1, -0.05) is 19.1 Å². The first-order valence-corrected chi connectivity index (χ1v) is 9.13. The molecule has 0 saturated heterocycles. The molecule has 0 saturated carbocycles. The van der Waals surface area contributed by atoms with Crippen molar-refractivity contribution in [2.75, 3.05) is 13.1 Å². The summed E-state index contributed by atoms with van der Waals surface area (Å²) in [5.74, 6) is 0.730. The summed E-state index contributed by atoms with van der Waals surface area (Å²) in [4.78, 5) is 20.5. The minimum atomic E-state index is -0.402. The van der Waals surface area contributed by atoms with Gasteiger partial charge in [0.25, 0.3) is 5.69 Å². The van der Waals surface area contributed by atoms with Gasteiger partial charge in [-0.05, 0) is 18.9 Å². The molecule has 0 bridgehead atoms. The molecule has 9 heteroatoms. The monoisotopic (exact) mass is 489 g/mol. The highest BCUT2D eigenvalue weighted by molar-refractivity contribution is 14.0. The molecule has 0 aliphatic carbocycles. The number of hydrogen-bond acceptors (Lipinski definition) is 5. The Morgan fingerprint density at radius 1 is 1.27 bits per heavy atom. The van der Waals surface area contributed by atoms with E-state index >= 15 is 0 Å². The highest BCUT2D eigenvalue weighted by Gasteiger charge is 2.05. The van der Waals surface area contributed by atoms with Gasteiger partial charge in [0.2, 0.25) is 0 Å². The number of benzene rings is 1. The molecule has 0 amide bonds. The number of thiazole rings is 1. The lowest BCUT2D eigenvalue weighted by Gasteiger charge is -2.10. The van der Waals surface area contributed by atoms with E-state index in [1.807, 2.05) is 13.1 Å². The highest BCUT2D eigenvalue weighted by Crippen LogP contribution is 2.14. The van der Waals surface area contributed by atoms with Gasteiger partial charge in [0.05, 0.1) is 16.5 Å². The van der Waals surface area contributed by atoms with Crippen LogP contribution in [0.2, 0.25) is 0 Å². The lowest BCUT2D eigenvalue weighted by atomic mass is 10.2. The third kappa shape index (κ3) is 7.24. The minimum absolute atomic E-state index is 0. The van der Waals surface area contributed by atoms with Crippen LogP contribution >= 0.6 is 35.3 Å². The number of nitrogens with zero attached hydrogens (tertiary/aromatic N) is 3. The van der Waals surface area contributed by atoms with Gasteiger partial charge in [0, 0.05) is 42.7 Å². The van der Waals surface area contributed by atoms with Gasteiger partial charge in [-0.2, -0.15) is 0 Å². The standard InChI is InChI=1S/C17H23N5O2S.HI/c1-3-15-12-20-16(25-15)9-10-19-17(18-4-2)21-11-13-5-7-14(8-6-13)22(23)24;/h5-8,12H,3-4,9-11H2,1-2H3,(H2,18,19,21);1H. The van der Waals surface area contributed by atoms with Crippen LogP contribution in [0, 0.1) is 10.1 Å². The molecular weight excluding hydrogens is 465 g/mol. The average Bonchev–Trinajstić information content (AvgIpc) is 3.08. The Kier molecular flexibility index (Phi) is 10.1. The third-order valence-electron chi connectivity index (χ3n) is 3.49. The summed E-state index contributed by atoms with van der Waals surface area (Å²) < 4.78 is 0. The Morgan fingerprint density at radius 2 is 2.00 bits per heavy atom. The zero-order chi connectivity index (χ0) is 18.1. The average molecular weight is 489 g/mol. The van der Waals surface area contributed by atoms with E-state index in [4.69, 9.17) is 0 Å². The van der Waals surface area contributed by atoms with Crippen LogP contribution in [0.4, 0.5) is 5.69 Å². The summed E-state index contributed by atoms with van der Waals surface area (Å²) in [6.07, 6.45) is 3.81. The summed E-state index contributed by atoms with van der Waals surface area (Å²) in [7, 11) is 0. The van der Waals surface area contributed by atoms with Crippen molar-refractivity contribution in [3.05, 3.63) is 56.0 Å². The van der Waals surface area contributed by atoms with Crippen molar-refractivity contribution in [2.24, 2.45) is 4.99 Å². The first kappa shape index (κ1) is 22.3. The molecule has 0 aliphatic rings. The number of non-ortho nitro benzene ring substituents is 1. The van der Waals surface area contributed by atoms with E-state index in [2.05, 4.69) is 27.5 Å². The largest absolute Gasteiger partial charge is 0.357 e. The smallest absolute Gasteiger partial charge is 0.269 e. The second-order valence-electron chi connectivity index (χ2n) is 5.37. The number of hydrogen-bond donors (Lipinski definition) is 2. The molecule has 1 aromatic heterocycles. The van der Waals surface area contributed by atoms with Gasteiger partial charge >= 0.3 is 0 Å². The van der Waals surface area contributed by atoms with Gasteiger partial charge in [0.15, 0.2) is 5.96 Å². The lowest BCUT2D eigenvalue weighted by molar-refractivity contribution is -0.384. The van der Waals surface area contributed by atoms with Gasteiger partial charge in [-0.15, -0.1) is 35.3 Å². The van der Waals surface area contributed by atoms with Crippen molar-refractivity contribution in [1.82, 2.24) is 15.6 Å². The maximum Gasteiger partial charge on any atom is 0.269 e. The molecule has 0 unspecified atom stereocenters. The van der Waals surface area contributed by atoms with Crippen LogP contribution in [0.5, 0.6) is 0 Å². The Bertz CT molecular complexity index is 718. The Morgan fingerprint density at radius 3 is 2.58 bits per heavy atom. The summed E-state index contributed by atoms with van der Waals surface area (Å²) in [5.41, 5.74) is 1.02. The van der Waals surface area contributed by atoms with Crippen molar-refractivity contribution in [3.8, 4) is 0 Å². The molecule has 0 aliphatic heterocycles. The molecule has 0 fully saturated rings. The third-order valence-corrected chi connectivity index (χ3v) is 4.69. The minimum Gasteiger partial charge on any atom is -0.357 e. The van der Waals surface area contributed by atoms with Crippen LogP contribution in [-0.4, -0.2) is 29.0 Å². The van der Waals surface area contributed by atoms with E-state index < -0.39 is 4.92 Å². The normalized spacial score (nSPS) is 10.9.